The molecule has 0 fully saturated rings. The van der Waals surface area contributed by atoms with E-state index in [0.29, 0.717) is 6.42 Å². The molecule has 2 nitrogen and oxygen atoms in total. The Morgan fingerprint density at radius 3 is 2.35 bits per heavy atom. The molecule has 1 amide bonds. The number of carbonyl (C=O) groups excluding carboxylic acids is 1. The second-order valence-corrected chi connectivity index (χ2v) is 5.44. The van der Waals surface area contributed by atoms with Crippen molar-refractivity contribution in [2.45, 2.75) is 24.7 Å². The van der Waals surface area contributed by atoms with Crippen LogP contribution in [-0.4, -0.2) is 12.2 Å². The van der Waals surface area contributed by atoms with Gasteiger partial charge in [0.15, 0.2) is 0 Å². The normalized spacial score (nSPS) is 10.3. The van der Waals surface area contributed by atoms with Gasteiger partial charge in [0, 0.05) is 4.90 Å². The summed E-state index contributed by atoms with van der Waals surface area (Å²) in [5.41, 5.74) is 3.22. The highest BCUT2D eigenvalue weighted by Gasteiger charge is 2.07. The minimum atomic E-state index is 0.0238. The molecule has 0 spiro atoms. The van der Waals surface area contributed by atoms with E-state index >= 15 is 0 Å². The SMILES string of the molecule is CCc1ccc(CC(=O)Nc2ccccc2SC)cc1. The third-order valence-electron chi connectivity index (χ3n) is 3.18. The molecular formula is C17H19NOS. The molecule has 0 bridgehead atoms. The van der Waals surface area contributed by atoms with Gasteiger partial charge in [0.1, 0.15) is 0 Å². The van der Waals surface area contributed by atoms with E-state index in [9.17, 15) is 4.79 Å². The number of para-hydroxylation sites is 1. The van der Waals surface area contributed by atoms with Crippen molar-refractivity contribution < 1.29 is 4.79 Å². The first kappa shape index (κ1) is 14.7. The van der Waals surface area contributed by atoms with Crippen LogP contribution in [0.1, 0.15) is 18.1 Å². The van der Waals surface area contributed by atoms with Crippen LogP contribution < -0.4 is 5.32 Å². The zero-order valence-electron chi connectivity index (χ0n) is 11.8. The standard InChI is InChI=1S/C17H19NOS/c1-3-13-8-10-14(11-9-13)12-17(19)18-15-6-4-5-7-16(15)20-2/h4-11H,3,12H2,1-2H3,(H,18,19). The number of hydrogen-bond acceptors (Lipinski definition) is 2. The molecule has 0 atom stereocenters. The van der Waals surface area contributed by atoms with Crippen molar-refractivity contribution in [3.63, 3.8) is 0 Å². The molecule has 0 radical (unpaired) electrons. The predicted molar refractivity (Wildman–Crippen MR) is 86.4 cm³/mol. The summed E-state index contributed by atoms with van der Waals surface area (Å²) in [5, 5.41) is 2.98. The Kier molecular flexibility index (Phi) is 5.24. The van der Waals surface area contributed by atoms with E-state index in [0.717, 1.165) is 22.6 Å². The molecular weight excluding hydrogens is 266 g/mol. The summed E-state index contributed by atoms with van der Waals surface area (Å²) in [4.78, 5) is 13.2. The van der Waals surface area contributed by atoms with E-state index in [1.54, 1.807) is 11.8 Å². The Morgan fingerprint density at radius 1 is 1.05 bits per heavy atom. The first-order chi connectivity index (χ1) is 9.72. The quantitative estimate of drug-likeness (QED) is 0.836. The van der Waals surface area contributed by atoms with Crippen molar-refractivity contribution in [1.29, 1.82) is 0 Å². The largest absolute Gasteiger partial charge is 0.325 e. The van der Waals surface area contributed by atoms with Crippen molar-refractivity contribution in [2.75, 3.05) is 11.6 Å². The van der Waals surface area contributed by atoms with Gasteiger partial charge in [0.25, 0.3) is 0 Å². The van der Waals surface area contributed by atoms with Crippen LogP contribution in [0.15, 0.2) is 53.4 Å². The highest BCUT2D eigenvalue weighted by Crippen LogP contribution is 2.24. The van der Waals surface area contributed by atoms with E-state index in [4.69, 9.17) is 0 Å². The van der Waals surface area contributed by atoms with Crippen LogP contribution in [0, 0.1) is 0 Å². The van der Waals surface area contributed by atoms with Crippen LogP contribution in [0.3, 0.4) is 0 Å². The Bertz CT molecular complexity index is 578. The second-order valence-electron chi connectivity index (χ2n) is 4.60. The summed E-state index contributed by atoms with van der Waals surface area (Å²) in [6.45, 7) is 2.13. The van der Waals surface area contributed by atoms with Crippen LogP contribution in [0.4, 0.5) is 5.69 Å². The highest BCUT2D eigenvalue weighted by molar-refractivity contribution is 7.98. The van der Waals surface area contributed by atoms with Gasteiger partial charge in [-0.2, -0.15) is 0 Å². The van der Waals surface area contributed by atoms with Crippen LogP contribution in [-0.2, 0) is 17.6 Å². The Labute approximate surface area is 124 Å². The minimum Gasteiger partial charge on any atom is -0.325 e. The van der Waals surface area contributed by atoms with Gasteiger partial charge in [-0.25, -0.2) is 0 Å². The molecule has 3 heteroatoms. The molecule has 0 heterocycles. The molecule has 0 aliphatic rings. The third kappa shape index (κ3) is 3.87. The first-order valence-electron chi connectivity index (χ1n) is 6.73. The van der Waals surface area contributed by atoms with Gasteiger partial charge in [0.2, 0.25) is 5.91 Å². The van der Waals surface area contributed by atoms with Crippen molar-refractivity contribution >= 4 is 23.4 Å². The summed E-state index contributed by atoms with van der Waals surface area (Å²) >= 11 is 1.63. The van der Waals surface area contributed by atoms with Crippen LogP contribution in [0.5, 0.6) is 0 Å². The number of anilines is 1. The summed E-state index contributed by atoms with van der Waals surface area (Å²) in [6, 6.07) is 16.1. The van der Waals surface area contributed by atoms with E-state index in [-0.39, 0.29) is 5.91 Å². The molecule has 0 saturated heterocycles. The number of carbonyl (C=O) groups is 1. The molecule has 2 aromatic rings. The van der Waals surface area contributed by atoms with Crippen molar-refractivity contribution in [3.05, 3.63) is 59.7 Å². The fraction of sp³-hybridized carbons (Fsp3) is 0.235. The monoisotopic (exact) mass is 285 g/mol. The molecule has 0 unspecified atom stereocenters. The number of amides is 1. The molecule has 0 aliphatic carbocycles. The van der Waals surface area contributed by atoms with Crippen LogP contribution in [0.25, 0.3) is 0 Å². The van der Waals surface area contributed by atoms with Crippen LogP contribution in [0.2, 0.25) is 0 Å². The lowest BCUT2D eigenvalue weighted by molar-refractivity contribution is -0.115. The second kappa shape index (κ2) is 7.15. The molecule has 20 heavy (non-hydrogen) atoms. The van der Waals surface area contributed by atoms with Crippen molar-refractivity contribution in [1.82, 2.24) is 0 Å². The van der Waals surface area contributed by atoms with E-state index in [2.05, 4.69) is 24.4 Å². The number of thioether (sulfide) groups is 1. The summed E-state index contributed by atoms with van der Waals surface area (Å²) in [6.07, 6.45) is 3.44. The molecule has 0 saturated carbocycles. The van der Waals surface area contributed by atoms with Crippen molar-refractivity contribution in [2.24, 2.45) is 0 Å². The summed E-state index contributed by atoms with van der Waals surface area (Å²) in [5.74, 6) is 0.0238. The maximum absolute atomic E-state index is 12.1. The number of nitrogens with one attached hydrogen (secondary N) is 1. The fourth-order valence-electron chi connectivity index (χ4n) is 2.02. The van der Waals surface area contributed by atoms with Gasteiger partial charge in [-0.1, -0.05) is 43.3 Å². The zero-order chi connectivity index (χ0) is 14.4. The number of aryl methyl sites for hydroxylation is 1. The molecule has 104 valence electrons. The lowest BCUT2D eigenvalue weighted by Crippen LogP contribution is -2.14. The smallest absolute Gasteiger partial charge is 0.228 e. The van der Waals surface area contributed by atoms with Crippen molar-refractivity contribution in [3.8, 4) is 0 Å². The minimum absolute atomic E-state index is 0.0238. The maximum atomic E-state index is 12.1. The first-order valence-corrected chi connectivity index (χ1v) is 7.96. The lowest BCUT2D eigenvalue weighted by atomic mass is 10.1. The fourth-order valence-corrected chi connectivity index (χ4v) is 2.57. The topological polar surface area (TPSA) is 29.1 Å². The molecule has 1 N–H and O–H groups in total. The Morgan fingerprint density at radius 2 is 1.70 bits per heavy atom. The summed E-state index contributed by atoms with van der Waals surface area (Å²) < 4.78 is 0. The Hall–Kier alpha value is -1.74. The number of hydrogen-bond donors (Lipinski definition) is 1. The highest BCUT2D eigenvalue weighted by atomic mass is 32.2. The van der Waals surface area contributed by atoms with E-state index in [1.165, 1.54) is 5.56 Å². The molecule has 2 rings (SSSR count). The lowest BCUT2D eigenvalue weighted by Gasteiger charge is -2.09. The molecule has 0 aromatic heterocycles. The van der Waals surface area contributed by atoms with Gasteiger partial charge in [0.05, 0.1) is 12.1 Å². The van der Waals surface area contributed by atoms with Gasteiger partial charge in [-0.3, -0.25) is 4.79 Å². The average Bonchev–Trinajstić information content (AvgIpc) is 2.48. The predicted octanol–water partition coefficient (Wildman–Crippen LogP) is 4.15. The third-order valence-corrected chi connectivity index (χ3v) is 3.97. The van der Waals surface area contributed by atoms with E-state index in [1.807, 2.05) is 42.7 Å². The molecule has 0 aliphatic heterocycles. The Balaban J connectivity index is 2.01. The number of rotatable bonds is 5. The zero-order valence-corrected chi connectivity index (χ0v) is 12.7. The summed E-state index contributed by atoms with van der Waals surface area (Å²) in [7, 11) is 0. The van der Waals surface area contributed by atoms with Gasteiger partial charge < -0.3 is 5.32 Å². The van der Waals surface area contributed by atoms with Gasteiger partial charge in [-0.05, 0) is 35.9 Å². The number of benzene rings is 2. The van der Waals surface area contributed by atoms with Gasteiger partial charge in [-0.15, -0.1) is 11.8 Å². The maximum Gasteiger partial charge on any atom is 0.228 e. The average molecular weight is 285 g/mol. The van der Waals surface area contributed by atoms with Crippen LogP contribution >= 0.6 is 11.8 Å². The molecule has 2 aromatic carbocycles. The van der Waals surface area contributed by atoms with E-state index < -0.39 is 0 Å². The van der Waals surface area contributed by atoms with Gasteiger partial charge >= 0.3 is 0 Å².